The molecule has 7 heteroatoms. The number of nitrogens with one attached hydrogen (secondary N) is 1. The van der Waals surface area contributed by atoms with Crippen LogP contribution in [0.3, 0.4) is 0 Å². The summed E-state index contributed by atoms with van der Waals surface area (Å²) in [5, 5.41) is 7.34. The van der Waals surface area contributed by atoms with Crippen molar-refractivity contribution in [2.45, 2.75) is 50.6 Å². The second kappa shape index (κ2) is 6.97. The van der Waals surface area contributed by atoms with Crippen LogP contribution in [-0.2, 0) is 11.2 Å². The molecule has 3 atom stereocenters. The Morgan fingerprint density at radius 3 is 2.89 bits per heavy atom. The van der Waals surface area contributed by atoms with Crippen molar-refractivity contribution in [3.8, 4) is 0 Å². The Morgan fingerprint density at radius 2 is 2.11 bits per heavy atom. The van der Waals surface area contributed by atoms with Crippen LogP contribution in [0, 0.1) is 5.92 Å². The van der Waals surface area contributed by atoms with E-state index in [0.29, 0.717) is 6.67 Å². The zero-order valence-corrected chi connectivity index (χ0v) is 17.7. The topological polar surface area (TPSA) is 52.7 Å². The van der Waals surface area contributed by atoms with E-state index in [1.54, 1.807) is 11.3 Å². The van der Waals surface area contributed by atoms with Crippen LogP contribution in [0.25, 0.3) is 0 Å². The van der Waals surface area contributed by atoms with Gasteiger partial charge in [-0.3, -0.25) is 9.69 Å². The van der Waals surface area contributed by atoms with E-state index in [2.05, 4.69) is 46.1 Å². The van der Waals surface area contributed by atoms with Crippen LogP contribution >= 0.6 is 22.7 Å². The van der Waals surface area contributed by atoms with Gasteiger partial charge in [-0.2, -0.15) is 0 Å². The quantitative estimate of drug-likeness (QED) is 0.764. The Balaban J connectivity index is 1.44. The van der Waals surface area contributed by atoms with Gasteiger partial charge in [-0.25, -0.2) is 9.69 Å². The zero-order chi connectivity index (χ0) is 19.3. The number of carbonyl (C=O) groups excluding carboxylic acids is 2. The number of hydrogen-bond acceptors (Lipinski definition) is 5. The molecule has 2 aliphatic heterocycles. The zero-order valence-electron chi connectivity index (χ0n) is 16.0. The molecule has 2 aromatic heterocycles. The molecule has 2 fully saturated rings. The highest BCUT2D eigenvalue weighted by molar-refractivity contribution is 7.10. The first-order valence-corrected chi connectivity index (χ1v) is 11.8. The number of fused-ring (bicyclic) bond motifs is 1. The average molecular weight is 416 g/mol. The van der Waals surface area contributed by atoms with Gasteiger partial charge < -0.3 is 5.32 Å². The highest BCUT2D eigenvalue weighted by Crippen LogP contribution is 2.41. The molecule has 4 heterocycles. The fourth-order valence-electron chi connectivity index (χ4n) is 5.11. The van der Waals surface area contributed by atoms with Gasteiger partial charge in [-0.15, -0.1) is 22.7 Å². The number of imide groups is 1. The largest absolute Gasteiger partial charge is 0.326 e. The van der Waals surface area contributed by atoms with Crippen molar-refractivity contribution in [2.24, 2.45) is 5.92 Å². The Bertz CT molecular complexity index is 893. The second-order valence-corrected chi connectivity index (χ2v) is 10.2. The monoisotopic (exact) mass is 415 g/mol. The fourth-order valence-corrected chi connectivity index (χ4v) is 6.89. The molecule has 3 amide bonds. The predicted molar refractivity (Wildman–Crippen MR) is 111 cm³/mol. The van der Waals surface area contributed by atoms with E-state index in [1.165, 1.54) is 20.2 Å². The number of nitrogens with zero attached hydrogens (tertiary/aromatic N) is 2. The molecule has 3 aliphatic rings. The van der Waals surface area contributed by atoms with Crippen molar-refractivity contribution in [1.82, 2.24) is 15.1 Å². The third-order valence-corrected chi connectivity index (χ3v) is 8.62. The van der Waals surface area contributed by atoms with E-state index >= 15 is 0 Å². The summed E-state index contributed by atoms with van der Waals surface area (Å²) in [4.78, 5) is 32.7. The van der Waals surface area contributed by atoms with Crippen molar-refractivity contribution >= 4 is 34.6 Å². The summed E-state index contributed by atoms with van der Waals surface area (Å²) in [6, 6.07) is 6.33. The molecular formula is C21H25N3O2S2. The lowest BCUT2D eigenvalue weighted by molar-refractivity contribution is -0.136. The van der Waals surface area contributed by atoms with Crippen LogP contribution in [-0.4, -0.2) is 40.5 Å². The molecule has 28 heavy (non-hydrogen) atoms. The molecule has 0 aromatic carbocycles. The van der Waals surface area contributed by atoms with Crippen molar-refractivity contribution in [3.05, 3.63) is 44.3 Å². The van der Waals surface area contributed by atoms with Crippen LogP contribution in [0.5, 0.6) is 0 Å². The average Bonchev–Trinajstić information content (AvgIpc) is 3.42. The lowest BCUT2D eigenvalue weighted by Crippen LogP contribution is -2.54. The number of amides is 3. The Morgan fingerprint density at radius 1 is 1.21 bits per heavy atom. The van der Waals surface area contributed by atoms with Crippen molar-refractivity contribution < 1.29 is 9.59 Å². The van der Waals surface area contributed by atoms with Gasteiger partial charge in [0.05, 0.1) is 12.7 Å². The van der Waals surface area contributed by atoms with Gasteiger partial charge in [0.2, 0.25) is 0 Å². The summed E-state index contributed by atoms with van der Waals surface area (Å²) in [5.41, 5.74) is 0.642. The van der Waals surface area contributed by atoms with Crippen molar-refractivity contribution in [2.75, 3.05) is 13.2 Å². The first kappa shape index (κ1) is 18.3. The molecule has 1 saturated heterocycles. The lowest BCUT2D eigenvalue weighted by atomic mass is 9.73. The lowest BCUT2D eigenvalue weighted by Gasteiger charge is -2.39. The van der Waals surface area contributed by atoms with Gasteiger partial charge in [-0.05, 0) is 53.6 Å². The summed E-state index contributed by atoms with van der Waals surface area (Å²) in [6.07, 6.45) is 4.88. The first-order valence-electron chi connectivity index (χ1n) is 10.1. The molecule has 0 unspecified atom stereocenters. The van der Waals surface area contributed by atoms with Crippen LogP contribution in [0.1, 0.15) is 54.0 Å². The highest BCUT2D eigenvalue weighted by Gasteiger charge is 2.55. The van der Waals surface area contributed by atoms with Crippen molar-refractivity contribution in [1.29, 1.82) is 0 Å². The highest BCUT2D eigenvalue weighted by atomic mass is 32.1. The molecule has 2 aromatic rings. The molecule has 1 spiro atoms. The summed E-state index contributed by atoms with van der Waals surface area (Å²) >= 11 is 3.55. The molecule has 0 radical (unpaired) electrons. The van der Waals surface area contributed by atoms with E-state index in [1.807, 2.05) is 11.3 Å². The van der Waals surface area contributed by atoms with Crippen LogP contribution in [0.15, 0.2) is 29.0 Å². The Kier molecular flexibility index (Phi) is 4.56. The minimum atomic E-state index is -0.683. The first-order chi connectivity index (χ1) is 13.6. The van der Waals surface area contributed by atoms with Crippen LogP contribution in [0.2, 0.25) is 0 Å². The molecule has 1 aliphatic carbocycles. The minimum Gasteiger partial charge on any atom is -0.323 e. The Labute approximate surface area is 173 Å². The molecule has 0 bridgehead atoms. The maximum Gasteiger partial charge on any atom is 0.326 e. The standard InChI is InChI=1S/C21H25N3O2S2/c1-14-5-2-3-9-21(14)19(25)24(20(26)22-21)13-23-10-7-16-15(8-12-28-16)18(23)17-6-4-11-27-17/h4,6,8,11-12,14,18H,2-3,5,7,9-10,13H2,1H3,(H,22,26)/t14-,18-,21+/m1/s1. The molecule has 148 valence electrons. The maximum atomic E-state index is 13.4. The minimum absolute atomic E-state index is 0.0225. The van der Waals surface area contributed by atoms with E-state index in [0.717, 1.165) is 38.6 Å². The molecular weight excluding hydrogens is 390 g/mol. The van der Waals surface area contributed by atoms with Gasteiger partial charge in [0, 0.05) is 16.3 Å². The van der Waals surface area contributed by atoms with Crippen LogP contribution < -0.4 is 5.32 Å². The van der Waals surface area contributed by atoms with Crippen molar-refractivity contribution in [3.63, 3.8) is 0 Å². The fraction of sp³-hybridized carbons (Fsp3) is 0.524. The van der Waals surface area contributed by atoms with Gasteiger partial charge >= 0.3 is 6.03 Å². The third-order valence-electron chi connectivity index (χ3n) is 6.70. The van der Waals surface area contributed by atoms with E-state index < -0.39 is 5.54 Å². The Hall–Kier alpha value is -1.70. The van der Waals surface area contributed by atoms with E-state index in [9.17, 15) is 9.59 Å². The number of hydrogen-bond donors (Lipinski definition) is 1. The second-order valence-electron chi connectivity index (χ2n) is 8.20. The SMILES string of the molecule is C[C@@H]1CCCC[C@]12NC(=O)N(CN1CCc3sccc3[C@@H]1c1cccs1)C2=O. The molecule has 5 rings (SSSR count). The van der Waals surface area contributed by atoms with Gasteiger partial charge in [0.15, 0.2) is 0 Å². The van der Waals surface area contributed by atoms with E-state index in [-0.39, 0.29) is 23.9 Å². The predicted octanol–water partition coefficient (Wildman–Crippen LogP) is 4.22. The molecule has 1 N–H and O–H groups in total. The number of urea groups is 1. The summed E-state index contributed by atoms with van der Waals surface area (Å²) in [5.74, 6) is 0.173. The van der Waals surface area contributed by atoms with Crippen LogP contribution in [0.4, 0.5) is 4.79 Å². The van der Waals surface area contributed by atoms with E-state index in [4.69, 9.17) is 0 Å². The summed E-state index contributed by atoms with van der Waals surface area (Å²) in [7, 11) is 0. The molecule has 5 nitrogen and oxygen atoms in total. The maximum absolute atomic E-state index is 13.4. The smallest absolute Gasteiger partial charge is 0.323 e. The number of thiophene rings is 2. The normalized spacial score (nSPS) is 30.7. The molecule has 1 saturated carbocycles. The summed E-state index contributed by atoms with van der Waals surface area (Å²) < 4.78 is 0. The number of carbonyl (C=O) groups is 2. The van der Waals surface area contributed by atoms with Gasteiger partial charge in [0.25, 0.3) is 5.91 Å². The van der Waals surface area contributed by atoms with Gasteiger partial charge in [-0.1, -0.05) is 25.8 Å². The van der Waals surface area contributed by atoms with Gasteiger partial charge in [0.1, 0.15) is 5.54 Å². The summed E-state index contributed by atoms with van der Waals surface area (Å²) in [6.45, 7) is 3.32. The number of rotatable bonds is 3. The third kappa shape index (κ3) is 2.75.